The monoisotopic (exact) mass is 313 g/mol. The number of nitro groups is 1. The first-order valence-electron chi connectivity index (χ1n) is 7.40. The Bertz CT molecular complexity index is 583. The quantitative estimate of drug-likeness (QED) is 0.611. The van der Waals surface area contributed by atoms with E-state index >= 15 is 0 Å². The predicted octanol–water partition coefficient (Wildman–Crippen LogP) is 4.60. The van der Waals surface area contributed by atoms with Crippen LogP contribution in [0, 0.1) is 17.0 Å². The summed E-state index contributed by atoms with van der Waals surface area (Å²) in [6.45, 7) is 10.5. The van der Waals surface area contributed by atoms with E-state index in [4.69, 9.17) is 0 Å². The van der Waals surface area contributed by atoms with Crippen LogP contribution in [0.2, 0.25) is 0 Å². The van der Waals surface area contributed by atoms with Gasteiger partial charge in [0, 0.05) is 24.1 Å². The topological polar surface area (TPSA) is 70.2 Å². The molecule has 0 N–H and O–H groups in total. The Kier molecular flexibility index (Phi) is 9.69. The van der Waals surface area contributed by atoms with Gasteiger partial charge >= 0.3 is 0 Å². The second-order valence-electron chi connectivity index (χ2n) is 4.16. The standard InChI is InChI=1S/C11H13N3O2.C2H5FO.C2H6/c1-3-6-13-11-7-9(14(15)16)4-5-10(11)8(2)12-13;1-2-4-3;1-2/h4-5,7H,3,6H2,1-2H3;2H2,1H3;1-2H3. The highest BCUT2D eigenvalue weighted by Crippen LogP contribution is 2.23. The van der Waals surface area contributed by atoms with Crippen molar-refractivity contribution in [2.45, 2.75) is 47.6 Å². The fourth-order valence-electron chi connectivity index (χ4n) is 1.82. The first-order chi connectivity index (χ1) is 10.5. The van der Waals surface area contributed by atoms with E-state index in [-0.39, 0.29) is 17.2 Å². The van der Waals surface area contributed by atoms with Crippen LogP contribution in [0.1, 0.15) is 39.8 Å². The third-order valence-electron chi connectivity index (χ3n) is 2.68. The maximum atomic E-state index is 10.7. The number of nitro benzene ring substituents is 1. The molecule has 0 unspecified atom stereocenters. The number of nitrogens with zero attached hydrogens (tertiary/aromatic N) is 3. The van der Waals surface area contributed by atoms with Gasteiger partial charge in [0.2, 0.25) is 0 Å². The molecule has 0 atom stereocenters. The Morgan fingerprint density at radius 3 is 2.41 bits per heavy atom. The third kappa shape index (κ3) is 5.40. The highest BCUT2D eigenvalue weighted by atomic mass is 19.3. The molecule has 124 valence electrons. The molecule has 0 amide bonds. The van der Waals surface area contributed by atoms with Crippen molar-refractivity contribution < 1.29 is 14.4 Å². The maximum Gasteiger partial charge on any atom is 0.271 e. The lowest BCUT2D eigenvalue weighted by Gasteiger charge is -1.99. The summed E-state index contributed by atoms with van der Waals surface area (Å²) in [4.78, 5) is 13.4. The molecule has 1 aromatic carbocycles. The van der Waals surface area contributed by atoms with E-state index in [0.717, 1.165) is 29.6 Å². The molecule has 1 heterocycles. The van der Waals surface area contributed by atoms with Crippen molar-refractivity contribution in [3.8, 4) is 0 Å². The fraction of sp³-hybridized carbons (Fsp3) is 0.533. The summed E-state index contributed by atoms with van der Waals surface area (Å²) in [5, 5.41) is 16.1. The SMILES string of the molecule is CC.CCCn1nc(C)c2ccc([N+](=O)[O-])cc21.CCOF. The van der Waals surface area contributed by atoms with E-state index in [0.29, 0.717) is 0 Å². The van der Waals surface area contributed by atoms with Crippen molar-refractivity contribution in [2.75, 3.05) is 6.61 Å². The van der Waals surface area contributed by atoms with Crippen molar-refractivity contribution in [2.24, 2.45) is 0 Å². The normalized spacial score (nSPS) is 9.55. The molecule has 22 heavy (non-hydrogen) atoms. The molecule has 6 nitrogen and oxygen atoms in total. The number of fused-ring (bicyclic) bond motifs is 1. The van der Waals surface area contributed by atoms with Gasteiger partial charge in [0.1, 0.15) is 0 Å². The summed E-state index contributed by atoms with van der Waals surface area (Å²) in [5.41, 5.74) is 1.87. The number of benzene rings is 1. The van der Waals surface area contributed by atoms with Gasteiger partial charge in [-0.3, -0.25) is 14.8 Å². The fourth-order valence-corrected chi connectivity index (χ4v) is 1.82. The lowest BCUT2D eigenvalue weighted by Crippen LogP contribution is -1.99. The molecular weight excluding hydrogens is 289 g/mol. The van der Waals surface area contributed by atoms with Gasteiger partial charge < -0.3 is 0 Å². The van der Waals surface area contributed by atoms with Crippen LogP contribution in [0.3, 0.4) is 0 Å². The second-order valence-corrected chi connectivity index (χ2v) is 4.16. The summed E-state index contributed by atoms with van der Waals surface area (Å²) >= 11 is 0. The highest BCUT2D eigenvalue weighted by molar-refractivity contribution is 5.83. The van der Waals surface area contributed by atoms with E-state index < -0.39 is 0 Å². The van der Waals surface area contributed by atoms with Gasteiger partial charge in [0.05, 0.1) is 22.7 Å². The van der Waals surface area contributed by atoms with Crippen molar-refractivity contribution in [1.82, 2.24) is 9.78 Å². The van der Waals surface area contributed by atoms with Crippen LogP contribution in [-0.4, -0.2) is 21.3 Å². The van der Waals surface area contributed by atoms with Gasteiger partial charge in [-0.05, 0) is 30.9 Å². The molecular formula is C15H24FN3O3. The van der Waals surface area contributed by atoms with E-state index in [1.807, 2.05) is 25.5 Å². The predicted molar refractivity (Wildman–Crippen MR) is 85.5 cm³/mol. The second kappa shape index (κ2) is 10.7. The summed E-state index contributed by atoms with van der Waals surface area (Å²) in [6, 6.07) is 4.88. The van der Waals surface area contributed by atoms with Gasteiger partial charge in [0.25, 0.3) is 5.69 Å². The van der Waals surface area contributed by atoms with Crippen LogP contribution in [0.15, 0.2) is 18.2 Å². The Hall–Kier alpha value is -2.02. The molecule has 0 spiro atoms. The minimum atomic E-state index is -0.377. The van der Waals surface area contributed by atoms with Gasteiger partial charge in [-0.15, -0.1) is 0 Å². The minimum Gasteiger partial charge on any atom is -0.264 e. The number of hydrogen-bond acceptors (Lipinski definition) is 4. The van der Waals surface area contributed by atoms with Crippen LogP contribution in [-0.2, 0) is 11.5 Å². The molecule has 0 aliphatic heterocycles. The van der Waals surface area contributed by atoms with Gasteiger partial charge in [0.15, 0.2) is 0 Å². The number of aromatic nitrogens is 2. The summed E-state index contributed by atoms with van der Waals surface area (Å²) < 4.78 is 12.1. The number of rotatable bonds is 4. The Morgan fingerprint density at radius 2 is 1.95 bits per heavy atom. The van der Waals surface area contributed by atoms with Gasteiger partial charge in [-0.1, -0.05) is 20.8 Å². The Morgan fingerprint density at radius 1 is 1.36 bits per heavy atom. The van der Waals surface area contributed by atoms with Crippen molar-refractivity contribution >= 4 is 16.6 Å². The Labute approximate surface area is 129 Å². The molecule has 0 saturated carbocycles. The van der Waals surface area contributed by atoms with Crippen molar-refractivity contribution in [1.29, 1.82) is 0 Å². The molecule has 0 aliphatic rings. The van der Waals surface area contributed by atoms with Crippen molar-refractivity contribution in [3.63, 3.8) is 0 Å². The largest absolute Gasteiger partial charge is 0.271 e. The first-order valence-corrected chi connectivity index (χ1v) is 7.40. The zero-order chi connectivity index (χ0) is 17.1. The zero-order valence-electron chi connectivity index (χ0n) is 13.8. The van der Waals surface area contributed by atoms with Gasteiger partial charge in [-0.25, -0.2) is 0 Å². The lowest BCUT2D eigenvalue weighted by atomic mass is 10.2. The molecule has 0 saturated heterocycles. The van der Waals surface area contributed by atoms with Crippen LogP contribution in [0.5, 0.6) is 0 Å². The van der Waals surface area contributed by atoms with Crippen LogP contribution in [0.25, 0.3) is 10.9 Å². The minimum absolute atomic E-state index is 0.116. The summed E-state index contributed by atoms with van der Waals surface area (Å²) in [6.07, 6.45) is 0.957. The number of aryl methyl sites for hydroxylation is 2. The average Bonchev–Trinajstić information content (AvgIpc) is 2.86. The third-order valence-corrected chi connectivity index (χ3v) is 2.68. The highest BCUT2D eigenvalue weighted by Gasteiger charge is 2.12. The average molecular weight is 313 g/mol. The molecule has 2 rings (SSSR count). The van der Waals surface area contributed by atoms with Crippen LogP contribution >= 0.6 is 0 Å². The number of hydrogen-bond donors (Lipinski definition) is 0. The number of non-ortho nitro benzene ring substituents is 1. The summed E-state index contributed by atoms with van der Waals surface area (Å²) in [5.74, 6) is 0. The van der Waals surface area contributed by atoms with Crippen LogP contribution < -0.4 is 0 Å². The molecule has 0 radical (unpaired) electrons. The smallest absolute Gasteiger partial charge is 0.264 e. The maximum absolute atomic E-state index is 10.7. The summed E-state index contributed by atoms with van der Waals surface area (Å²) in [7, 11) is 0. The van der Waals surface area contributed by atoms with E-state index in [1.54, 1.807) is 19.1 Å². The Balaban J connectivity index is 0.000000640. The number of halogens is 1. The molecule has 0 fully saturated rings. The molecule has 0 aliphatic carbocycles. The van der Waals surface area contributed by atoms with E-state index in [2.05, 4.69) is 17.0 Å². The molecule has 2 aromatic rings. The van der Waals surface area contributed by atoms with Gasteiger partial charge in [-0.2, -0.15) is 10.0 Å². The van der Waals surface area contributed by atoms with E-state index in [1.165, 1.54) is 6.07 Å². The molecule has 1 aromatic heterocycles. The molecule has 0 bridgehead atoms. The molecule has 7 heteroatoms. The van der Waals surface area contributed by atoms with Crippen molar-refractivity contribution in [3.05, 3.63) is 34.0 Å². The first kappa shape index (κ1) is 20.0. The zero-order valence-corrected chi connectivity index (χ0v) is 13.8. The van der Waals surface area contributed by atoms with Crippen LogP contribution in [0.4, 0.5) is 10.2 Å². The lowest BCUT2D eigenvalue weighted by molar-refractivity contribution is -0.384. The van der Waals surface area contributed by atoms with E-state index in [9.17, 15) is 14.6 Å².